The molecule has 130 valence electrons. The fourth-order valence-corrected chi connectivity index (χ4v) is 2.33. The van der Waals surface area contributed by atoms with Crippen LogP contribution >= 0.6 is 0 Å². The molecule has 0 bridgehead atoms. The number of carbonyl (C=O) groups is 1. The van der Waals surface area contributed by atoms with E-state index in [0.29, 0.717) is 0 Å². The number of carbonyl (C=O) groups excluding carboxylic acids is 1. The molecule has 1 atom stereocenters. The number of benzene rings is 2. The first kappa shape index (κ1) is 16.8. The molecule has 5 nitrogen and oxygen atoms in total. The topological polar surface area (TPSA) is 59.9 Å². The van der Waals surface area contributed by atoms with Crippen LogP contribution in [-0.2, 0) is 9.63 Å². The molecule has 1 aliphatic rings. The predicted molar refractivity (Wildman–Crippen MR) is 84.1 cm³/mol. The highest BCUT2D eigenvalue weighted by Crippen LogP contribution is 2.28. The average molecular weight is 350 g/mol. The number of hydrogen-bond acceptors (Lipinski definition) is 4. The molecule has 0 fully saturated rings. The maximum atomic E-state index is 12.2. The SMILES string of the molecule is O=C(Nc1cccc(OC(F)(F)F)c1)C1=NOC(c2ccccc2)C1. The van der Waals surface area contributed by atoms with Gasteiger partial charge in [0.15, 0.2) is 6.10 Å². The zero-order chi connectivity index (χ0) is 17.9. The number of ether oxygens (including phenoxy) is 1. The Morgan fingerprint density at radius 3 is 2.64 bits per heavy atom. The highest BCUT2D eigenvalue weighted by atomic mass is 19.4. The van der Waals surface area contributed by atoms with Gasteiger partial charge in [-0.15, -0.1) is 13.2 Å². The van der Waals surface area contributed by atoms with Gasteiger partial charge in [-0.05, 0) is 17.7 Å². The molecule has 0 radical (unpaired) electrons. The van der Waals surface area contributed by atoms with Gasteiger partial charge < -0.3 is 14.9 Å². The Morgan fingerprint density at radius 2 is 1.92 bits per heavy atom. The van der Waals surface area contributed by atoms with Gasteiger partial charge in [0.05, 0.1) is 0 Å². The first-order chi connectivity index (χ1) is 11.9. The predicted octanol–water partition coefficient (Wildman–Crippen LogP) is 4.04. The molecule has 2 aromatic rings. The van der Waals surface area contributed by atoms with Crippen molar-refractivity contribution >= 4 is 17.3 Å². The van der Waals surface area contributed by atoms with Gasteiger partial charge in [-0.2, -0.15) is 0 Å². The second-order valence-corrected chi connectivity index (χ2v) is 5.28. The quantitative estimate of drug-likeness (QED) is 0.905. The molecule has 0 aromatic heterocycles. The van der Waals surface area contributed by atoms with Crippen LogP contribution in [0, 0.1) is 0 Å². The number of rotatable bonds is 4. The van der Waals surface area contributed by atoms with Crippen molar-refractivity contribution in [2.45, 2.75) is 18.9 Å². The number of anilines is 1. The standard InChI is InChI=1S/C17H13F3N2O3/c18-17(19,20)24-13-8-4-7-12(9-13)21-16(23)14-10-15(25-22-14)11-5-2-1-3-6-11/h1-9,15H,10H2,(H,21,23). The number of nitrogens with one attached hydrogen (secondary N) is 1. The van der Waals surface area contributed by atoms with Crippen LogP contribution in [0.4, 0.5) is 18.9 Å². The van der Waals surface area contributed by atoms with E-state index in [2.05, 4.69) is 15.2 Å². The first-order valence-corrected chi connectivity index (χ1v) is 7.35. The third kappa shape index (κ3) is 4.50. The molecule has 0 saturated heterocycles. The summed E-state index contributed by atoms with van der Waals surface area (Å²) in [5, 5.41) is 6.25. The molecular weight excluding hydrogens is 337 g/mol. The third-order valence-corrected chi connectivity index (χ3v) is 3.43. The summed E-state index contributed by atoms with van der Waals surface area (Å²) in [5.74, 6) is -0.959. The molecule has 0 saturated carbocycles. The molecule has 8 heteroatoms. The lowest BCUT2D eigenvalue weighted by atomic mass is 10.0. The largest absolute Gasteiger partial charge is 0.573 e. The second-order valence-electron chi connectivity index (χ2n) is 5.28. The molecule has 1 unspecified atom stereocenters. The van der Waals surface area contributed by atoms with Crippen molar-refractivity contribution in [3.05, 3.63) is 60.2 Å². The van der Waals surface area contributed by atoms with Gasteiger partial charge in [-0.1, -0.05) is 41.6 Å². The van der Waals surface area contributed by atoms with E-state index in [1.54, 1.807) is 0 Å². The molecule has 25 heavy (non-hydrogen) atoms. The van der Waals surface area contributed by atoms with Crippen LogP contribution in [0.3, 0.4) is 0 Å². The Morgan fingerprint density at radius 1 is 1.16 bits per heavy atom. The van der Waals surface area contributed by atoms with E-state index in [1.807, 2.05) is 30.3 Å². The van der Waals surface area contributed by atoms with Crippen molar-refractivity contribution in [1.82, 2.24) is 0 Å². The van der Waals surface area contributed by atoms with Crippen LogP contribution in [0.2, 0.25) is 0 Å². The Labute approximate surface area is 141 Å². The fourth-order valence-electron chi connectivity index (χ4n) is 2.33. The molecule has 2 aromatic carbocycles. The lowest BCUT2D eigenvalue weighted by Gasteiger charge is -2.10. The van der Waals surface area contributed by atoms with E-state index in [0.717, 1.165) is 17.7 Å². The molecule has 0 spiro atoms. The molecule has 0 aliphatic carbocycles. The molecule has 3 rings (SSSR count). The van der Waals surface area contributed by atoms with Gasteiger partial charge in [0.1, 0.15) is 11.5 Å². The number of alkyl halides is 3. The molecule has 1 amide bonds. The maximum Gasteiger partial charge on any atom is 0.573 e. The fraction of sp³-hybridized carbons (Fsp3) is 0.176. The van der Waals surface area contributed by atoms with Gasteiger partial charge in [-0.25, -0.2) is 0 Å². The average Bonchev–Trinajstić information content (AvgIpc) is 3.04. The van der Waals surface area contributed by atoms with Crippen LogP contribution in [-0.4, -0.2) is 18.0 Å². The molecule has 1 aliphatic heterocycles. The normalized spacial score (nSPS) is 16.8. The van der Waals surface area contributed by atoms with E-state index < -0.39 is 18.0 Å². The Hall–Kier alpha value is -3.03. The van der Waals surface area contributed by atoms with Gasteiger partial charge in [0, 0.05) is 18.2 Å². The smallest absolute Gasteiger partial charge is 0.406 e. The van der Waals surface area contributed by atoms with Crippen molar-refractivity contribution < 1.29 is 27.5 Å². The van der Waals surface area contributed by atoms with Gasteiger partial charge in [-0.3, -0.25) is 4.79 Å². The van der Waals surface area contributed by atoms with Crippen LogP contribution < -0.4 is 10.1 Å². The minimum atomic E-state index is -4.80. The number of hydrogen-bond donors (Lipinski definition) is 1. The van der Waals surface area contributed by atoms with Crippen molar-refractivity contribution in [2.24, 2.45) is 5.16 Å². The van der Waals surface area contributed by atoms with E-state index >= 15 is 0 Å². The van der Waals surface area contributed by atoms with E-state index in [9.17, 15) is 18.0 Å². The van der Waals surface area contributed by atoms with E-state index in [1.165, 1.54) is 12.1 Å². The molecule has 1 N–H and O–H groups in total. The highest BCUT2D eigenvalue weighted by molar-refractivity contribution is 6.43. The summed E-state index contributed by atoms with van der Waals surface area (Å²) >= 11 is 0. The number of nitrogens with zero attached hydrogens (tertiary/aromatic N) is 1. The van der Waals surface area contributed by atoms with Crippen molar-refractivity contribution in [2.75, 3.05) is 5.32 Å². The summed E-state index contributed by atoms with van der Waals surface area (Å²) in [5.41, 5.74) is 1.21. The summed E-state index contributed by atoms with van der Waals surface area (Å²) < 4.78 is 40.5. The number of oxime groups is 1. The summed E-state index contributed by atoms with van der Waals surface area (Å²) in [7, 11) is 0. The maximum absolute atomic E-state index is 12.2. The van der Waals surface area contributed by atoms with Gasteiger partial charge >= 0.3 is 6.36 Å². The van der Waals surface area contributed by atoms with Crippen LogP contribution in [0.5, 0.6) is 5.75 Å². The summed E-state index contributed by atoms with van der Waals surface area (Å²) in [6.45, 7) is 0. The van der Waals surface area contributed by atoms with Crippen LogP contribution in [0.15, 0.2) is 59.8 Å². The first-order valence-electron chi connectivity index (χ1n) is 7.35. The Kier molecular flexibility index (Phi) is 4.60. The Bertz CT molecular complexity index is 791. The van der Waals surface area contributed by atoms with Crippen LogP contribution in [0.1, 0.15) is 18.1 Å². The van der Waals surface area contributed by atoms with E-state index in [-0.39, 0.29) is 23.9 Å². The van der Waals surface area contributed by atoms with Crippen molar-refractivity contribution in [3.63, 3.8) is 0 Å². The number of halogens is 3. The lowest BCUT2D eigenvalue weighted by Crippen LogP contribution is -2.22. The van der Waals surface area contributed by atoms with Gasteiger partial charge in [0.25, 0.3) is 5.91 Å². The minimum absolute atomic E-state index is 0.163. The second kappa shape index (κ2) is 6.84. The van der Waals surface area contributed by atoms with Crippen molar-refractivity contribution in [1.29, 1.82) is 0 Å². The van der Waals surface area contributed by atoms with Crippen LogP contribution in [0.25, 0.3) is 0 Å². The molecular formula is C17H13F3N2O3. The monoisotopic (exact) mass is 350 g/mol. The van der Waals surface area contributed by atoms with Gasteiger partial charge in [0.2, 0.25) is 0 Å². The highest BCUT2D eigenvalue weighted by Gasteiger charge is 2.31. The summed E-state index contributed by atoms with van der Waals surface area (Å²) in [6.07, 6.45) is -4.88. The summed E-state index contributed by atoms with van der Waals surface area (Å²) in [6, 6.07) is 14.3. The third-order valence-electron chi connectivity index (χ3n) is 3.43. The zero-order valence-corrected chi connectivity index (χ0v) is 12.8. The zero-order valence-electron chi connectivity index (χ0n) is 12.8. The summed E-state index contributed by atoms with van der Waals surface area (Å²) in [4.78, 5) is 17.5. The Balaban J connectivity index is 1.62. The number of amides is 1. The van der Waals surface area contributed by atoms with E-state index in [4.69, 9.17) is 4.84 Å². The minimum Gasteiger partial charge on any atom is -0.406 e. The molecule has 1 heterocycles. The van der Waals surface area contributed by atoms with Crippen molar-refractivity contribution in [3.8, 4) is 5.75 Å². The lowest BCUT2D eigenvalue weighted by molar-refractivity contribution is -0.274.